The first-order valence-corrected chi connectivity index (χ1v) is 17.9. The van der Waals surface area contributed by atoms with E-state index in [-0.39, 0.29) is 36.1 Å². The molecule has 0 aliphatic rings. The molecule has 0 aliphatic carbocycles. The molecule has 5 aromatic rings. The summed E-state index contributed by atoms with van der Waals surface area (Å²) in [5.74, 6) is 0.548. The summed E-state index contributed by atoms with van der Waals surface area (Å²) < 4.78 is 6.02. The molecule has 0 aliphatic heterocycles. The monoisotopic (exact) mass is 714 g/mol. The second-order valence-corrected chi connectivity index (χ2v) is 15.4. The Balaban J connectivity index is 1.20. The summed E-state index contributed by atoms with van der Waals surface area (Å²) in [7, 11) is 0. The summed E-state index contributed by atoms with van der Waals surface area (Å²) in [6.45, 7) is 13.5. The van der Waals surface area contributed by atoms with Crippen LogP contribution in [0.4, 0.5) is 0 Å². The highest BCUT2D eigenvalue weighted by Gasteiger charge is 2.23. The normalized spacial score (nSPS) is 12.3. The van der Waals surface area contributed by atoms with E-state index in [9.17, 15) is 19.8 Å². The van der Waals surface area contributed by atoms with Crippen LogP contribution < -0.4 is 15.4 Å². The molecule has 4 aromatic carbocycles. The Hall–Kier alpha value is -5.38. The van der Waals surface area contributed by atoms with Gasteiger partial charge in [0, 0.05) is 48.5 Å². The van der Waals surface area contributed by atoms with Gasteiger partial charge >= 0.3 is 0 Å². The van der Waals surface area contributed by atoms with Gasteiger partial charge in [0.15, 0.2) is 12.1 Å². The molecule has 0 unspecified atom stereocenters. The molecular formula is C44H50N4O5. The van der Waals surface area contributed by atoms with Gasteiger partial charge in [-0.25, -0.2) is 9.97 Å². The Morgan fingerprint density at radius 2 is 1.21 bits per heavy atom. The predicted octanol–water partition coefficient (Wildman–Crippen LogP) is 7.14. The van der Waals surface area contributed by atoms with E-state index in [0.29, 0.717) is 18.0 Å². The van der Waals surface area contributed by atoms with Crippen LogP contribution in [0.25, 0.3) is 22.5 Å². The van der Waals surface area contributed by atoms with Crippen LogP contribution in [0.15, 0.2) is 109 Å². The molecule has 5 rings (SSSR count). The van der Waals surface area contributed by atoms with E-state index >= 15 is 0 Å². The molecule has 53 heavy (non-hydrogen) atoms. The third kappa shape index (κ3) is 11.1. The van der Waals surface area contributed by atoms with Gasteiger partial charge in [0.05, 0.1) is 0 Å². The predicted molar refractivity (Wildman–Crippen MR) is 208 cm³/mol. The SMILES string of the molecule is CC(C)(C)c1ccc(COc2ccc(-c3cnc(-c4ccc(C[C@H](NC(=O)c5ccc(C(C)(C)C)cc5)C(=O)NCCC(O)O)cc4)nc3)cc2)cc1. The van der Waals surface area contributed by atoms with E-state index in [1.54, 1.807) is 24.5 Å². The van der Waals surface area contributed by atoms with Crippen molar-refractivity contribution in [3.63, 3.8) is 0 Å². The first-order chi connectivity index (χ1) is 25.2. The number of carbonyl (C=O) groups is 2. The Morgan fingerprint density at radius 1 is 0.679 bits per heavy atom. The van der Waals surface area contributed by atoms with Crippen molar-refractivity contribution >= 4 is 11.8 Å². The molecule has 9 heteroatoms. The van der Waals surface area contributed by atoms with Crippen molar-refractivity contribution < 1.29 is 24.5 Å². The Labute approximate surface area is 312 Å². The van der Waals surface area contributed by atoms with Gasteiger partial charge in [-0.1, -0.05) is 114 Å². The van der Waals surface area contributed by atoms with Crippen molar-refractivity contribution in [2.45, 2.75) is 84.2 Å². The number of hydrogen-bond acceptors (Lipinski definition) is 7. The highest BCUT2D eigenvalue weighted by atomic mass is 16.5. The maximum absolute atomic E-state index is 13.2. The number of aliphatic hydroxyl groups is 2. The van der Waals surface area contributed by atoms with Crippen LogP contribution in [0.3, 0.4) is 0 Å². The van der Waals surface area contributed by atoms with E-state index in [1.165, 1.54) is 5.56 Å². The fourth-order valence-corrected chi connectivity index (χ4v) is 5.68. The number of aromatic nitrogens is 2. The number of ether oxygens (including phenoxy) is 1. The molecule has 276 valence electrons. The summed E-state index contributed by atoms with van der Waals surface area (Å²) in [6.07, 6.45) is 2.23. The molecule has 0 fully saturated rings. The van der Waals surface area contributed by atoms with Crippen molar-refractivity contribution in [1.82, 2.24) is 20.6 Å². The quantitative estimate of drug-likeness (QED) is 0.0953. The van der Waals surface area contributed by atoms with Crippen LogP contribution in [0.2, 0.25) is 0 Å². The zero-order valence-corrected chi connectivity index (χ0v) is 31.4. The van der Waals surface area contributed by atoms with E-state index in [4.69, 9.17) is 4.74 Å². The number of benzene rings is 4. The fraction of sp³-hybridized carbons (Fsp3) is 0.318. The summed E-state index contributed by atoms with van der Waals surface area (Å²) in [5.41, 5.74) is 7.48. The van der Waals surface area contributed by atoms with Crippen LogP contribution in [0, 0.1) is 0 Å². The van der Waals surface area contributed by atoms with Crippen molar-refractivity contribution in [1.29, 1.82) is 0 Å². The molecule has 0 spiro atoms. The molecule has 0 bridgehead atoms. The molecule has 1 aromatic heterocycles. The van der Waals surface area contributed by atoms with Crippen molar-refractivity contribution in [3.05, 3.63) is 137 Å². The molecule has 0 saturated heterocycles. The smallest absolute Gasteiger partial charge is 0.251 e. The van der Waals surface area contributed by atoms with E-state index in [2.05, 4.69) is 86.4 Å². The van der Waals surface area contributed by atoms with E-state index < -0.39 is 18.2 Å². The first kappa shape index (κ1) is 38.8. The lowest BCUT2D eigenvalue weighted by molar-refractivity contribution is -0.123. The number of nitrogens with one attached hydrogen (secondary N) is 2. The second-order valence-electron chi connectivity index (χ2n) is 15.4. The molecular weight excluding hydrogens is 665 g/mol. The topological polar surface area (TPSA) is 134 Å². The number of rotatable bonds is 13. The lowest BCUT2D eigenvalue weighted by Crippen LogP contribution is -2.48. The van der Waals surface area contributed by atoms with Gasteiger partial charge in [-0.15, -0.1) is 0 Å². The van der Waals surface area contributed by atoms with E-state index in [1.807, 2.05) is 60.7 Å². The van der Waals surface area contributed by atoms with Gasteiger partial charge in [0.25, 0.3) is 5.91 Å². The minimum absolute atomic E-state index is 0.0264. The zero-order valence-electron chi connectivity index (χ0n) is 31.4. The second kappa shape index (κ2) is 17.0. The van der Waals surface area contributed by atoms with Gasteiger partial charge in [0.1, 0.15) is 18.4 Å². The first-order valence-electron chi connectivity index (χ1n) is 17.9. The van der Waals surface area contributed by atoms with E-state index in [0.717, 1.165) is 39.1 Å². The van der Waals surface area contributed by atoms with Crippen LogP contribution in [0.5, 0.6) is 5.75 Å². The number of aliphatic hydroxyl groups excluding tert-OH is 1. The zero-order chi connectivity index (χ0) is 38.2. The van der Waals surface area contributed by atoms with Crippen LogP contribution in [-0.2, 0) is 28.7 Å². The van der Waals surface area contributed by atoms with Gasteiger partial charge in [-0.3, -0.25) is 9.59 Å². The average molecular weight is 715 g/mol. The van der Waals surface area contributed by atoms with Crippen molar-refractivity contribution in [2.24, 2.45) is 0 Å². The molecule has 9 nitrogen and oxygen atoms in total. The summed E-state index contributed by atoms with van der Waals surface area (Å²) in [5, 5.41) is 24.0. The van der Waals surface area contributed by atoms with Gasteiger partial charge < -0.3 is 25.6 Å². The largest absolute Gasteiger partial charge is 0.489 e. The number of nitrogens with zero attached hydrogens (tertiary/aromatic N) is 2. The molecule has 4 N–H and O–H groups in total. The molecule has 0 saturated carbocycles. The fourth-order valence-electron chi connectivity index (χ4n) is 5.68. The number of amides is 2. The highest BCUT2D eigenvalue weighted by molar-refractivity contribution is 5.97. The number of carbonyl (C=O) groups excluding carboxylic acids is 2. The maximum Gasteiger partial charge on any atom is 0.251 e. The summed E-state index contributed by atoms with van der Waals surface area (Å²) in [6, 6.07) is 30.4. The lowest BCUT2D eigenvalue weighted by Gasteiger charge is -2.21. The van der Waals surface area contributed by atoms with Crippen molar-refractivity contribution in [3.8, 4) is 28.3 Å². The van der Waals surface area contributed by atoms with Crippen LogP contribution >= 0.6 is 0 Å². The van der Waals surface area contributed by atoms with Gasteiger partial charge in [0.2, 0.25) is 5.91 Å². The Morgan fingerprint density at radius 3 is 1.75 bits per heavy atom. The van der Waals surface area contributed by atoms with Crippen LogP contribution in [-0.4, -0.2) is 50.9 Å². The maximum atomic E-state index is 13.2. The average Bonchev–Trinajstić information content (AvgIpc) is 3.13. The highest BCUT2D eigenvalue weighted by Crippen LogP contribution is 2.26. The minimum atomic E-state index is -1.54. The number of hydrogen-bond donors (Lipinski definition) is 4. The lowest BCUT2D eigenvalue weighted by atomic mass is 9.86. The molecule has 2 amide bonds. The van der Waals surface area contributed by atoms with Gasteiger partial charge in [-0.2, -0.15) is 0 Å². The third-order valence-corrected chi connectivity index (χ3v) is 9.05. The van der Waals surface area contributed by atoms with Gasteiger partial charge in [-0.05, 0) is 62.9 Å². The summed E-state index contributed by atoms with van der Waals surface area (Å²) >= 11 is 0. The van der Waals surface area contributed by atoms with Crippen LogP contribution in [0.1, 0.15) is 80.6 Å². The Bertz CT molecular complexity index is 1940. The Kier molecular flexibility index (Phi) is 12.4. The molecule has 0 radical (unpaired) electrons. The third-order valence-electron chi connectivity index (χ3n) is 9.05. The van der Waals surface area contributed by atoms with Crippen molar-refractivity contribution in [2.75, 3.05) is 6.54 Å². The standard InChI is InChI=1S/C44H50N4O5/c1-43(2,3)35-17-9-30(10-18-35)28-53-37-21-15-31(16-22-37)34-26-46-40(47-27-34)32-11-7-29(8-12-32)25-38(42(52)45-24-23-39(49)50)48-41(51)33-13-19-36(20-14-33)44(4,5)6/h7-22,26-27,38-39,49-50H,23-25,28H2,1-6H3,(H,45,52)(H,48,51)/t38-/m0/s1. The molecule has 1 atom stereocenters. The molecule has 1 heterocycles. The summed E-state index contributed by atoms with van der Waals surface area (Å²) in [4.78, 5) is 35.6. The minimum Gasteiger partial charge on any atom is -0.489 e.